The van der Waals surface area contributed by atoms with E-state index in [-0.39, 0.29) is 6.04 Å². The van der Waals surface area contributed by atoms with E-state index in [0.717, 1.165) is 42.1 Å². The lowest BCUT2D eigenvalue weighted by molar-refractivity contribution is 0.227. The molecular formula is C17H20N4O2. The number of fused-ring (bicyclic) bond motifs is 1. The summed E-state index contributed by atoms with van der Waals surface area (Å²) in [6.45, 7) is 2.59. The van der Waals surface area contributed by atoms with Gasteiger partial charge < -0.3 is 8.94 Å². The summed E-state index contributed by atoms with van der Waals surface area (Å²) in [5.41, 5.74) is 7.53. The van der Waals surface area contributed by atoms with Crippen LogP contribution in [0.25, 0.3) is 11.0 Å². The van der Waals surface area contributed by atoms with Crippen molar-refractivity contribution >= 4 is 11.0 Å². The molecule has 3 heterocycles. The first-order valence-corrected chi connectivity index (χ1v) is 7.84. The van der Waals surface area contributed by atoms with E-state index in [4.69, 9.17) is 8.94 Å². The maximum absolute atomic E-state index is 6.02. The van der Waals surface area contributed by atoms with E-state index >= 15 is 0 Å². The molecule has 0 saturated carbocycles. The normalized spacial score (nSPS) is 21.5. The van der Waals surface area contributed by atoms with Gasteiger partial charge in [0, 0.05) is 30.5 Å². The van der Waals surface area contributed by atoms with Crippen molar-refractivity contribution < 1.29 is 8.94 Å². The summed E-state index contributed by atoms with van der Waals surface area (Å²) in [6.07, 6.45) is 1.68. The van der Waals surface area contributed by atoms with Crippen molar-refractivity contribution in [3.8, 4) is 0 Å². The number of benzene rings is 1. The highest BCUT2D eigenvalue weighted by molar-refractivity contribution is 5.77. The molecule has 4 rings (SSSR count). The summed E-state index contributed by atoms with van der Waals surface area (Å²) in [7, 11) is 2.09. The molecule has 0 spiro atoms. The molecule has 6 heteroatoms. The van der Waals surface area contributed by atoms with E-state index in [1.54, 1.807) is 6.20 Å². The molecule has 1 aliphatic rings. The largest absolute Gasteiger partial charge is 0.459 e. The summed E-state index contributed by atoms with van der Waals surface area (Å²) >= 11 is 0. The molecule has 0 bridgehead atoms. The molecule has 2 N–H and O–H groups in total. The van der Waals surface area contributed by atoms with Crippen molar-refractivity contribution in [2.45, 2.75) is 12.6 Å². The Morgan fingerprint density at radius 3 is 3.04 bits per heavy atom. The molecule has 23 heavy (non-hydrogen) atoms. The van der Waals surface area contributed by atoms with Crippen LogP contribution in [0.2, 0.25) is 0 Å². The van der Waals surface area contributed by atoms with Gasteiger partial charge in [-0.15, -0.1) is 0 Å². The first kappa shape index (κ1) is 14.4. The summed E-state index contributed by atoms with van der Waals surface area (Å²) < 4.78 is 11.2. The van der Waals surface area contributed by atoms with Gasteiger partial charge >= 0.3 is 0 Å². The van der Waals surface area contributed by atoms with Crippen LogP contribution >= 0.6 is 0 Å². The van der Waals surface area contributed by atoms with Gasteiger partial charge in [-0.3, -0.25) is 10.3 Å². The third-order valence-electron chi connectivity index (χ3n) is 4.31. The monoisotopic (exact) mass is 312 g/mol. The fourth-order valence-corrected chi connectivity index (χ4v) is 3.22. The van der Waals surface area contributed by atoms with Gasteiger partial charge in [-0.2, -0.15) is 0 Å². The van der Waals surface area contributed by atoms with E-state index in [1.165, 1.54) is 0 Å². The third-order valence-corrected chi connectivity index (χ3v) is 4.31. The number of rotatable bonds is 5. The number of hydrogen-bond donors (Lipinski definition) is 2. The lowest BCUT2D eigenvalue weighted by atomic mass is 9.99. The van der Waals surface area contributed by atoms with Gasteiger partial charge in [0.1, 0.15) is 11.3 Å². The minimum absolute atomic E-state index is 0.166. The first-order chi connectivity index (χ1) is 11.3. The predicted molar refractivity (Wildman–Crippen MR) is 86.4 cm³/mol. The van der Waals surface area contributed by atoms with Gasteiger partial charge in [-0.05, 0) is 19.2 Å². The highest BCUT2D eigenvalue weighted by atomic mass is 16.5. The van der Waals surface area contributed by atoms with Crippen molar-refractivity contribution in [1.29, 1.82) is 0 Å². The van der Waals surface area contributed by atoms with Crippen LogP contribution in [-0.2, 0) is 6.54 Å². The predicted octanol–water partition coefficient (Wildman–Crippen LogP) is 2.32. The summed E-state index contributed by atoms with van der Waals surface area (Å²) in [5.74, 6) is 2.28. The number of nitrogens with one attached hydrogen (secondary N) is 2. The lowest BCUT2D eigenvalue weighted by Crippen LogP contribution is -2.29. The van der Waals surface area contributed by atoms with Gasteiger partial charge in [0.05, 0.1) is 18.8 Å². The zero-order chi connectivity index (χ0) is 15.6. The highest BCUT2D eigenvalue weighted by Gasteiger charge is 2.31. The second kappa shape index (κ2) is 6.16. The number of hydrazine groups is 1. The molecule has 6 nitrogen and oxygen atoms in total. The number of para-hydroxylation sites is 1. The van der Waals surface area contributed by atoms with Gasteiger partial charge in [0.2, 0.25) is 0 Å². The van der Waals surface area contributed by atoms with Crippen molar-refractivity contribution in [3.05, 3.63) is 54.1 Å². The van der Waals surface area contributed by atoms with Crippen LogP contribution in [0.1, 0.15) is 17.6 Å². The van der Waals surface area contributed by atoms with E-state index in [2.05, 4.69) is 40.1 Å². The number of furan rings is 1. The maximum atomic E-state index is 6.02. The molecule has 2 unspecified atom stereocenters. The summed E-state index contributed by atoms with van der Waals surface area (Å²) in [4.78, 5) is 2.25. The Morgan fingerprint density at radius 1 is 1.30 bits per heavy atom. The number of aromatic nitrogens is 1. The van der Waals surface area contributed by atoms with Gasteiger partial charge in [0.15, 0.2) is 5.76 Å². The maximum Gasteiger partial charge on any atom is 0.150 e. The number of hydrogen-bond acceptors (Lipinski definition) is 6. The van der Waals surface area contributed by atoms with Crippen LogP contribution in [0.5, 0.6) is 0 Å². The Kier molecular flexibility index (Phi) is 3.87. The van der Waals surface area contributed by atoms with E-state index in [0.29, 0.717) is 5.92 Å². The third kappa shape index (κ3) is 3.01. The van der Waals surface area contributed by atoms with E-state index in [9.17, 15) is 0 Å². The molecule has 2 aromatic heterocycles. The van der Waals surface area contributed by atoms with Crippen molar-refractivity contribution in [2.75, 3.05) is 20.1 Å². The van der Waals surface area contributed by atoms with E-state index < -0.39 is 0 Å². The van der Waals surface area contributed by atoms with Gasteiger partial charge in [-0.1, -0.05) is 23.4 Å². The van der Waals surface area contributed by atoms with Crippen LogP contribution in [-0.4, -0.2) is 30.2 Å². The molecule has 0 amide bonds. The van der Waals surface area contributed by atoms with Crippen LogP contribution in [0.15, 0.2) is 51.5 Å². The second-order valence-electron chi connectivity index (χ2n) is 6.13. The smallest absolute Gasteiger partial charge is 0.150 e. The Hall–Kier alpha value is -2.15. The first-order valence-electron chi connectivity index (χ1n) is 7.84. The van der Waals surface area contributed by atoms with Crippen LogP contribution < -0.4 is 10.9 Å². The molecule has 3 aromatic rings. The average Bonchev–Trinajstić information content (AvgIpc) is 3.26. The minimum atomic E-state index is 0.166. The van der Waals surface area contributed by atoms with E-state index in [1.807, 2.05) is 24.3 Å². The van der Waals surface area contributed by atoms with Crippen molar-refractivity contribution in [3.63, 3.8) is 0 Å². The van der Waals surface area contributed by atoms with Crippen LogP contribution in [0, 0.1) is 5.92 Å². The van der Waals surface area contributed by atoms with Crippen LogP contribution in [0.3, 0.4) is 0 Å². The quantitative estimate of drug-likeness (QED) is 0.754. The lowest BCUT2D eigenvalue weighted by Gasteiger charge is -2.22. The Labute approximate surface area is 134 Å². The second-order valence-corrected chi connectivity index (χ2v) is 6.13. The fraction of sp³-hybridized carbons (Fsp3) is 0.353. The topological polar surface area (TPSA) is 66.5 Å². The molecular weight excluding hydrogens is 292 g/mol. The minimum Gasteiger partial charge on any atom is -0.459 e. The van der Waals surface area contributed by atoms with Crippen molar-refractivity contribution in [1.82, 2.24) is 20.9 Å². The molecule has 1 fully saturated rings. The standard InChI is InChI=1S/C17H20N4O2/c1-21(11-14-6-7-19-23-14)10-13-9-18-20-17(13)16-8-12-4-2-3-5-15(12)22-16/h2-8,13,17-18,20H,9-11H2,1H3. The van der Waals surface area contributed by atoms with Crippen LogP contribution in [0.4, 0.5) is 0 Å². The zero-order valence-corrected chi connectivity index (χ0v) is 13.0. The Balaban J connectivity index is 1.47. The average molecular weight is 312 g/mol. The molecule has 2 atom stereocenters. The highest BCUT2D eigenvalue weighted by Crippen LogP contribution is 2.30. The fourth-order valence-electron chi connectivity index (χ4n) is 3.22. The van der Waals surface area contributed by atoms with Crippen molar-refractivity contribution in [2.24, 2.45) is 5.92 Å². The molecule has 0 aliphatic carbocycles. The molecule has 1 aromatic carbocycles. The Morgan fingerprint density at radius 2 is 2.22 bits per heavy atom. The number of nitrogens with zero attached hydrogens (tertiary/aromatic N) is 2. The van der Waals surface area contributed by atoms with Gasteiger partial charge in [-0.25, -0.2) is 5.43 Å². The SMILES string of the molecule is CN(Cc1ccno1)CC1CNNC1c1cc2ccccc2o1. The summed E-state index contributed by atoms with van der Waals surface area (Å²) in [5, 5.41) is 4.90. The molecule has 120 valence electrons. The zero-order valence-electron chi connectivity index (χ0n) is 13.0. The Bertz CT molecular complexity index is 735. The van der Waals surface area contributed by atoms with Gasteiger partial charge in [0.25, 0.3) is 0 Å². The molecule has 0 radical (unpaired) electrons. The summed E-state index contributed by atoms with van der Waals surface area (Å²) in [6, 6.07) is 12.3. The molecule has 1 saturated heterocycles. The molecule has 1 aliphatic heterocycles.